The summed E-state index contributed by atoms with van der Waals surface area (Å²) in [5.41, 5.74) is 3.57. The topological polar surface area (TPSA) is 92.8 Å². The second-order valence-corrected chi connectivity index (χ2v) is 6.04. The van der Waals surface area contributed by atoms with Gasteiger partial charge in [-0.25, -0.2) is 15.8 Å². The van der Waals surface area contributed by atoms with Gasteiger partial charge in [0.2, 0.25) is 5.13 Å². The van der Waals surface area contributed by atoms with Crippen LogP contribution in [0.2, 0.25) is 0 Å². The van der Waals surface area contributed by atoms with Gasteiger partial charge in [0.25, 0.3) is 0 Å². The van der Waals surface area contributed by atoms with Gasteiger partial charge in [-0.3, -0.25) is 0 Å². The van der Waals surface area contributed by atoms with Crippen molar-refractivity contribution >= 4 is 34.0 Å². The molecule has 0 bridgehead atoms. The molecular weight excluding hydrogens is 282 g/mol. The lowest BCUT2D eigenvalue weighted by Crippen LogP contribution is -2.12. The van der Waals surface area contributed by atoms with Crippen LogP contribution in [-0.4, -0.2) is 34.3 Å². The maximum Gasteiger partial charge on any atom is 0.208 e. The quantitative estimate of drug-likeness (QED) is 0.486. The Hall–Kier alpha value is -1.45. The van der Waals surface area contributed by atoms with Gasteiger partial charge in [0.1, 0.15) is 17.2 Å². The number of anilines is 2. The Bertz CT molecular complexity index is 555. The van der Waals surface area contributed by atoms with Crippen LogP contribution >= 0.6 is 23.1 Å². The van der Waals surface area contributed by atoms with E-state index in [9.17, 15) is 0 Å². The molecule has 0 atom stereocenters. The van der Waals surface area contributed by atoms with Crippen LogP contribution in [-0.2, 0) is 6.42 Å². The summed E-state index contributed by atoms with van der Waals surface area (Å²) in [5, 5.41) is 9.96. The fourth-order valence-corrected chi connectivity index (χ4v) is 3.27. The molecular formula is C10H15N7S2. The van der Waals surface area contributed by atoms with Crippen molar-refractivity contribution in [2.45, 2.75) is 22.7 Å². The van der Waals surface area contributed by atoms with E-state index in [1.165, 1.54) is 29.4 Å². The standard InChI is InChI=1S/C10H15N7S2/c1-4-6-7(14-11)12-5-13-8(6)18-10-16-15-9(19-10)17(2)3/h5H,4,11H2,1-3H3,(H,12,13,14). The van der Waals surface area contributed by atoms with Crippen molar-refractivity contribution in [1.82, 2.24) is 20.2 Å². The number of nitrogens with two attached hydrogens (primary N) is 1. The van der Waals surface area contributed by atoms with Crippen molar-refractivity contribution < 1.29 is 0 Å². The Morgan fingerprint density at radius 2 is 2.16 bits per heavy atom. The minimum atomic E-state index is 0.650. The van der Waals surface area contributed by atoms with Crippen LogP contribution in [0.25, 0.3) is 0 Å². The molecule has 2 heterocycles. The Labute approximate surface area is 119 Å². The monoisotopic (exact) mass is 297 g/mol. The average Bonchev–Trinajstić information content (AvgIpc) is 2.87. The molecule has 0 fully saturated rings. The van der Waals surface area contributed by atoms with Gasteiger partial charge in [-0.1, -0.05) is 18.3 Å². The lowest BCUT2D eigenvalue weighted by atomic mass is 10.2. The highest BCUT2D eigenvalue weighted by Crippen LogP contribution is 2.34. The summed E-state index contributed by atoms with van der Waals surface area (Å²) < 4.78 is 0.847. The number of nitrogen functional groups attached to an aromatic ring is 1. The van der Waals surface area contributed by atoms with E-state index in [4.69, 9.17) is 5.84 Å². The highest BCUT2D eigenvalue weighted by molar-refractivity contribution is 8.01. The molecule has 19 heavy (non-hydrogen) atoms. The molecule has 3 N–H and O–H groups in total. The fraction of sp³-hybridized carbons (Fsp3) is 0.400. The molecule has 0 aliphatic carbocycles. The van der Waals surface area contributed by atoms with E-state index in [1.807, 2.05) is 25.9 Å². The maximum atomic E-state index is 5.45. The first kappa shape index (κ1) is 14.0. The predicted octanol–water partition coefficient (Wildman–Crippen LogP) is 1.39. The van der Waals surface area contributed by atoms with Crippen LogP contribution in [0.5, 0.6) is 0 Å². The number of nitrogens with zero attached hydrogens (tertiary/aromatic N) is 5. The minimum absolute atomic E-state index is 0.650. The number of hydrogen-bond donors (Lipinski definition) is 2. The lowest BCUT2D eigenvalue weighted by molar-refractivity contribution is 0.933. The number of nitrogens with one attached hydrogen (secondary N) is 1. The molecule has 0 saturated carbocycles. The zero-order valence-corrected chi connectivity index (χ0v) is 12.5. The van der Waals surface area contributed by atoms with Crippen molar-refractivity contribution in [3.8, 4) is 0 Å². The smallest absolute Gasteiger partial charge is 0.208 e. The summed E-state index contributed by atoms with van der Waals surface area (Å²) in [5.74, 6) is 6.10. The molecule has 0 saturated heterocycles. The molecule has 2 rings (SSSR count). The molecule has 2 aromatic rings. The van der Waals surface area contributed by atoms with Crippen LogP contribution in [0.4, 0.5) is 10.9 Å². The summed E-state index contributed by atoms with van der Waals surface area (Å²) in [7, 11) is 3.88. The largest absolute Gasteiger partial charge is 0.353 e. The summed E-state index contributed by atoms with van der Waals surface area (Å²) in [6, 6.07) is 0. The second-order valence-electron chi connectivity index (χ2n) is 3.85. The number of hydrogen-bond acceptors (Lipinski definition) is 9. The molecule has 102 valence electrons. The van der Waals surface area contributed by atoms with Crippen molar-refractivity contribution in [3.05, 3.63) is 11.9 Å². The summed E-state index contributed by atoms with van der Waals surface area (Å²) >= 11 is 3.00. The van der Waals surface area contributed by atoms with Gasteiger partial charge < -0.3 is 10.3 Å². The van der Waals surface area contributed by atoms with Crippen LogP contribution in [0, 0.1) is 0 Å². The maximum absolute atomic E-state index is 5.45. The normalized spacial score (nSPS) is 10.5. The second kappa shape index (κ2) is 6.13. The van der Waals surface area contributed by atoms with E-state index in [2.05, 4.69) is 25.6 Å². The fourth-order valence-electron chi connectivity index (χ4n) is 1.43. The van der Waals surface area contributed by atoms with Gasteiger partial charge in [-0.15, -0.1) is 10.2 Å². The van der Waals surface area contributed by atoms with Crippen molar-refractivity contribution in [2.24, 2.45) is 5.84 Å². The predicted molar refractivity (Wildman–Crippen MR) is 77.6 cm³/mol. The van der Waals surface area contributed by atoms with Gasteiger partial charge in [0, 0.05) is 19.7 Å². The van der Waals surface area contributed by atoms with E-state index in [1.54, 1.807) is 0 Å². The molecule has 0 aliphatic heterocycles. The SMILES string of the molecule is CCc1c(NN)ncnc1Sc1nnc(N(C)C)s1. The van der Waals surface area contributed by atoms with Gasteiger partial charge in [0.05, 0.1) is 0 Å². The van der Waals surface area contributed by atoms with Gasteiger partial charge >= 0.3 is 0 Å². The zero-order valence-electron chi connectivity index (χ0n) is 10.9. The van der Waals surface area contributed by atoms with Crippen LogP contribution in [0.1, 0.15) is 12.5 Å². The van der Waals surface area contributed by atoms with Crippen molar-refractivity contribution in [2.75, 3.05) is 24.4 Å². The molecule has 0 amide bonds. The van der Waals surface area contributed by atoms with Crippen LogP contribution in [0.3, 0.4) is 0 Å². The van der Waals surface area contributed by atoms with E-state index in [0.717, 1.165) is 26.5 Å². The molecule has 2 aromatic heterocycles. The zero-order chi connectivity index (χ0) is 13.8. The van der Waals surface area contributed by atoms with Crippen molar-refractivity contribution in [3.63, 3.8) is 0 Å². The Morgan fingerprint density at radius 1 is 1.37 bits per heavy atom. The first-order chi connectivity index (χ1) is 9.15. The molecule has 0 unspecified atom stereocenters. The third kappa shape index (κ3) is 3.11. The highest BCUT2D eigenvalue weighted by Gasteiger charge is 2.13. The summed E-state index contributed by atoms with van der Waals surface area (Å²) in [4.78, 5) is 10.3. The van der Waals surface area contributed by atoms with Gasteiger partial charge in [-0.2, -0.15) is 0 Å². The molecule has 0 aromatic carbocycles. The van der Waals surface area contributed by atoms with Crippen LogP contribution < -0.4 is 16.2 Å². The average molecular weight is 297 g/mol. The summed E-state index contributed by atoms with van der Waals surface area (Å²) in [6.07, 6.45) is 2.28. The molecule has 0 spiro atoms. The highest BCUT2D eigenvalue weighted by atomic mass is 32.2. The third-order valence-corrected chi connectivity index (χ3v) is 4.55. The van der Waals surface area contributed by atoms with Crippen molar-refractivity contribution in [1.29, 1.82) is 0 Å². The Kier molecular flexibility index (Phi) is 4.51. The van der Waals surface area contributed by atoms with E-state index in [-0.39, 0.29) is 0 Å². The molecule has 0 aliphatic rings. The molecule has 0 radical (unpaired) electrons. The minimum Gasteiger partial charge on any atom is -0.353 e. The lowest BCUT2D eigenvalue weighted by Gasteiger charge is -2.08. The molecule has 7 nitrogen and oxygen atoms in total. The number of aromatic nitrogens is 4. The molecule has 9 heteroatoms. The summed E-state index contributed by atoms with van der Waals surface area (Å²) in [6.45, 7) is 2.04. The van der Waals surface area contributed by atoms with E-state index in [0.29, 0.717) is 5.82 Å². The number of rotatable bonds is 5. The number of hydrazine groups is 1. The Morgan fingerprint density at radius 3 is 2.74 bits per heavy atom. The Balaban J connectivity index is 2.27. The van der Waals surface area contributed by atoms with E-state index >= 15 is 0 Å². The first-order valence-electron chi connectivity index (χ1n) is 5.64. The van der Waals surface area contributed by atoms with Gasteiger partial charge in [-0.05, 0) is 18.2 Å². The van der Waals surface area contributed by atoms with Crippen LogP contribution in [0.15, 0.2) is 15.7 Å². The van der Waals surface area contributed by atoms with Gasteiger partial charge in [0.15, 0.2) is 4.34 Å². The third-order valence-electron chi connectivity index (χ3n) is 2.36. The first-order valence-corrected chi connectivity index (χ1v) is 7.28. The van der Waals surface area contributed by atoms with E-state index < -0.39 is 0 Å².